The van der Waals surface area contributed by atoms with E-state index < -0.39 is 5.91 Å². The van der Waals surface area contributed by atoms with Crippen LogP contribution >= 0.6 is 15.9 Å². The van der Waals surface area contributed by atoms with Crippen LogP contribution in [0.4, 0.5) is 0 Å². The maximum Gasteiger partial charge on any atom is 0.284 e. The largest absolute Gasteiger partial charge is 0.329 e. The van der Waals surface area contributed by atoms with Crippen LogP contribution in [0, 0.1) is 0 Å². The van der Waals surface area contributed by atoms with Gasteiger partial charge in [-0.25, -0.2) is 0 Å². The molecular formula is C16H18BrNO3. The fraction of sp³-hybridized carbons (Fsp3) is 0.562. The number of alkyl halides is 1. The van der Waals surface area contributed by atoms with Gasteiger partial charge in [-0.05, 0) is 32.3 Å². The summed E-state index contributed by atoms with van der Waals surface area (Å²) in [6.07, 6.45) is 3.17. The van der Waals surface area contributed by atoms with Gasteiger partial charge < -0.3 is 9.47 Å². The van der Waals surface area contributed by atoms with Gasteiger partial charge in [-0.1, -0.05) is 34.1 Å². The Bertz CT molecular complexity index is 593. The SMILES string of the molecule is CCO[C@@]12O[C@@H]3CCCC([C@H]3Br)N1C(=O)c1ccccc12. The van der Waals surface area contributed by atoms with E-state index in [0.717, 1.165) is 24.8 Å². The summed E-state index contributed by atoms with van der Waals surface area (Å²) in [4.78, 5) is 14.9. The van der Waals surface area contributed by atoms with Gasteiger partial charge in [-0.2, -0.15) is 0 Å². The molecule has 2 fully saturated rings. The van der Waals surface area contributed by atoms with Crippen molar-refractivity contribution in [2.75, 3.05) is 6.61 Å². The van der Waals surface area contributed by atoms with Crippen molar-refractivity contribution >= 4 is 21.8 Å². The Morgan fingerprint density at radius 3 is 3.05 bits per heavy atom. The Labute approximate surface area is 132 Å². The summed E-state index contributed by atoms with van der Waals surface area (Å²) in [5.41, 5.74) is 1.56. The maximum absolute atomic E-state index is 12.9. The average Bonchev–Trinajstić information content (AvgIpc) is 2.71. The van der Waals surface area contributed by atoms with Gasteiger partial charge in [-0.15, -0.1) is 0 Å². The average molecular weight is 352 g/mol. The molecule has 2 aliphatic heterocycles. The van der Waals surface area contributed by atoms with E-state index in [9.17, 15) is 4.79 Å². The van der Waals surface area contributed by atoms with Gasteiger partial charge in [0, 0.05) is 12.2 Å². The third-order valence-electron chi connectivity index (χ3n) is 4.73. The zero-order chi connectivity index (χ0) is 14.6. The number of carbonyl (C=O) groups excluding carboxylic acids is 1. The summed E-state index contributed by atoms with van der Waals surface area (Å²) in [5, 5.41) is 0. The zero-order valence-corrected chi connectivity index (χ0v) is 13.5. The van der Waals surface area contributed by atoms with Crippen molar-refractivity contribution in [3.63, 3.8) is 0 Å². The number of fused-ring (bicyclic) bond motifs is 6. The third kappa shape index (κ3) is 1.71. The molecule has 1 unspecified atom stereocenters. The Balaban J connectivity index is 1.90. The molecule has 112 valence electrons. The van der Waals surface area contributed by atoms with Gasteiger partial charge in [0.05, 0.1) is 22.5 Å². The Morgan fingerprint density at radius 2 is 2.24 bits per heavy atom. The Kier molecular flexibility index (Phi) is 3.14. The molecule has 4 atom stereocenters. The van der Waals surface area contributed by atoms with E-state index in [0.29, 0.717) is 12.2 Å². The summed E-state index contributed by atoms with van der Waals surface area (Å²) in [6.45, 7) is 2.45. The van der Waals surface area contributed by atoms with Crippen LogP contribution in [0.5, 0.6) is 0 Å². The molecule has 0 aromatic heterocycles. The molecule has 5 heteroatoms. The number of hydrogen-bond donors (Lipinski definition) is 0. The second-order valence-electron chi connectivity index (χ2n) is 5.83. The standard InChI is InChI=1S/C16H18BrNO3/c1-2-20-16-11-7-4-3-6-10(11)15(19)18(16)12-8-5-9-13(21-16)14(12)17/h3-4,6-7,12-14H,2,5,8-9H2,1H3/t12?,13-,14-,16+/m1/s1. The van der Waals surface area contributed by atoms with Crippen LogP contribution in [-0.2, 0) is 15.4 Å². The summed E-state index contributed by atoms with van der Waals surface area (Å²) in [5.74, 6) is -1.00. The molecule has 0 radical (unpaired) electrons. The number of hydrogen-bond acceptors (Lipinski definition) is 3. The van der Waals surface area contributed by atoms with E-state index in [1.165, 1.54) is 0 Å². The lowest BCUT2D eigenvalue weighted by Gasteiger charge is -2.53. The van der Waals surface area contributed by atoms with Crippen molar-refractivity contribution in [3.05, 3.63) is 35.4 Å². The lowest BCUT2D eigenvalue weighted by atomic mass is 9.89. The van der Waals surface area contributed by atoms with Gasteiger partial charge >= 0.3 is 0 Å². The summed E-state index contributed by atoms with van der Waals surface area (Å²) in [6, 6.07) is 7.78. The van der Waals surface area contributed by atoms with E-state index >= 15 is 0 Å². The van der Waals surface area contributed by atoms with Gasteiger partial charge in [0.25, 0.3) is 11.8 Å². The van der Waals surface area contributed by atoms with Crippen LogP contribution in [0.15, 0.2) is 24.3 Å². The van der Waals surface area contributed by atoms with Crippen LogP contribution in [0.1, 0.15) is 42.1 Å². The molecule has 4 nitrogen and oxygen atoms in total. The minimum atomic E-state index is -1.03. The molecule has 1 amide bonds. The van der Waals surface area contributed by atoms with Gasteiger partial charge in [0.1, 0.15) is 0 Å². The van der Waals surface area contributed by atoms with Gasteiger partial charge in [-0.3, -0.25) is 9.69 Å². The van der Waals surface area contributed by atoms with Crippen molar-refractivity contribution in [1.29, 1.82) is 0 Å². The second-order valence-corrected chi connectivity index (χ2v) is 6.89. The highest BCUT2D eigenvalue weighted by molar-refractivity contribution is 9.09. The number of rotatable bonds is 2. The molecule has 0 N–H and O–H groups in total. The smallest absolute Gasteiger partial charge is 0.284 e. The molecule has 3 aliphatic rings. The van der Waals surface area contributed by atoms with E-state index in [1.807, 2.05) is 36.1 Å². The quantitative estimate of drug-likeness (QED) is 0.768. The van der Waals surface area contributed by atoms with Crippen molar-refractivity contribution < 1.29 is 14.3 Å². The summed E-state index contributed by atoms with van der Waals surface area (Å²) >= 11 is 3.74. The maximum atomic E-state index is 12.9. The molecule has 21 heavy (non-hydrogen) atoms. The van der Waals surface area contributed by atoms with Crippen LogP contribution in [0.3, 0.4) is 0 Å². The second kappa shape index (κ2) is 4.80. The molecule has 4 rings (SSSR count). The van der Waals surface area contributed by atoms with Crippen LogP contribution in [0.2, 0.25) is 0 Å². The molecule has 1 aliphatic carbocycles. The first-order chi connectivity index (χ1) is 10.2. The predicted octanol–water partition coefficient (Wildman–Crippen LogP) is 3.00. The number of carbonyl (C=O) groups is 1. The zero-order valence-electron chi connectivity index (χ0n) is 11.9. The molecule has 0 spiro atoms. The van der Waals surface area contributed by atoms with Gasteiger partial charge in [0.2, 0.25) is 0 Å². The molecule has 2 bridgehead atoms. The Hall–Kier alpha value is -0.910. The molecule has 1 saturated carbocycles. The topological polar surface area (TPSA) is 38.8 Å². The monoisotopic (exact) mass is 351 g/mol. The van der Waals surface area contributed by atoms with E-state index in [1.54, 1.807) is 0 Å². The number of nitrogens with zero attached hydrogens (tertiary/aromatic N) is 1. The Morgan fingerprint density at radius 1 is 1.43 bits per heavy atom. The van der Waals surface area contributed by atoms with Crippen molar-refractivity contribution in [2.24, 2.45) is 0 Å². The van der Waals surface area contributed by atoms with Gasteiger partial charge in [0.15, 0.2) is 0 Å². The summed E-state index contributed by atoms with van der Waals surface area (Å²) < 4.78 is 12.4. The molecule has 2 heterocycles. The fourth-order valence-corrected chi connectivity index (χ4v) is 4.77. The van der Waals surface area contributed by atoms with Crippen molar-refractivity contribution in [3.8, 4) is 0 Å². The van der Waals surface area contributed by atoms with Crippen LogP contribution in [-0.4, -0.2) is 34.4 Å². The van der Waals surface area contributed by atoms with E-state index in [-0.39, 0.29) is 22.9 Å². The number of halogens is 1. The first-order valence-corrected chi connectivity index (χ1v) is 8.49. The molecule has 1 saturated heterocycles. The van der Waals surface area contributed by atoms with E-state index in [4.69, 9.17) is 9.47 Å². The number of benzene rings is 1. The molecule has 1 aromatic carbocycles. The van der Waals surface area contributed by atoms with Crippen LogP contribution < -0.4 is 0 Å². The highest BCUT2D eigenvalue weighted by Crippen LogP contribution is 2.51. The van der Waals surface area contributed by atoms with Crippen LogP contribution in [0.25, 0.3) is 0 Å². The minimum Gasteiger partial charge on any atom is -0.329 e. The first-order valence-electron chi connectivity index (χ1n) is 7.58. The van der Waals surface area contributed by atoms with Crippen molar-refractivity contribution in [1.82, 2.24) is 4.90 Å². The minimum absolute atomic E-state index is 0.0221. The van der Waals surface area contributed by atoms with Crippen molar-refractivity contribution in [2.45, 2.75) is 49.1 Å². The first kappa shape index (κ1) is 13.7. The lowest BCUT2D eigenvalue weighted by Crippen LogP contribution is -2.65. The highest BCUT2D eigenvalue weighted by atomic mass is 79.9. The summed E-state index contributed by atoms with van der Waals surface area (Å²) in [7, 11) is 0. The predicted molar refractivity (Wildman–Crippen MR) is 81.1 cm³/mol. The molecule has 1 aromatic rings. The number of ether oxygens (including phenoxy) is 2. The highest BCUT2D eigenvalue weighted by Gasteiger charge is 2.61. The normalized spacial score (nSPS) is 37.3. The molecular weight excluding hydrogens is 334 g/mol. The fourth-order valence-electron chi connectivity index (χ4n) is 3.90. The lowest BCUT2D eigenvalue weighted by molar-refractivity contribution is -0.359. The third-order valence-corrected chi connectivity index (χ3v) is 5.93. The van der Waals surface area contributed by atoms with E-state index in [2.05, 4.69) is 15.9 Å². The number of amides is 1.